The van der Waals surface area contributed by atoms with Crippen LogP contribution >= 0.6 is 0 Å². The van der Waals surface area contributed by atoms with E-state index >= 15 is 0 Å². The van der Waals surface area contributed by atoms with Crippen molar-refractivity contribution in [3.8, 4) is 5.75 Å². The maximum atomic E-state index is 13.1. The number of carboxylic acid groups (broad SMARTS) is 1. The van der Waals surface area contributed by atoms with Crippen LogP contribution in [0.2, 0.25) is 0 Å². The lowest BCUT2D eigenvalue weighted by Gasteiger charge is -2.33. The van der Waals surface area contributed by atoms with E-state index in [0.717, 1.165) is 25.7 Å². The number of carbonyl (C=O) groups is 2. The lowest BCUT2D eigenvalue weighted by Crippen LogP contribution is -2.61. The van der Waals surface area contributed by atoms with Crippen LogP contribution in [-0.2, 0) is 30.5 Å². The van der Waals surface area contributed by atoms with E-state index in [1.807, 2.05) is 0 Å². The molecule has 0 aromatic carbocycles. The zero-order valence-corrected chi connectivity index (χ0v) is 20.9. The zero-order chi connectivity index (χ0) is 25.1. The number of sulfone groups is 1. The summed E-state index contributed by atoms with van der Waals surface area (Å²) in [4.78, 5) is 29.0. The number of nitrogens with one attached hydrogen (secondary N) is 1. The van der Waals surface area contributed by atoms with Crippen LogP contribution in [-0.4, -0.2) is 65.6 Å². The van der Waals surface area contributed by atoms with Crippen LogP contribution in [0.15, 0.2) is 18.3 Å². The van der Waals surface area contributed by atoms with E-state index in [2.05, 4.69) is 17.2 Å². The van der Waals surface area contributed by atoms with Crippen LogP contribution in [0.5, 0.6) is 5.75 Å². The maximum Gasteiger partial charge on any atom is 0.405 e. The van der Waals surface area contributed by atoms with E-state index in [1.54, 1.807) is 12.1 Å². The van der Waals surface area contributed by atoms with Crippen LogP contribution in [0.4, 0.5) is 4.79 Å². The summed E-state index contributed by atoms with van der Waals surface area (Å²) in [5, 5.41) is 11.6. The number of nitrogens with zero attached hydrogens (tertiary/aromatic N) is 1. The molecule has 1 saturated heterocycles. The Morgan fingerprint density at radius 2 is 2.00 bits per heavy atom. The van der Waals surface area contributed by atoms with Crippen LogP contribution in [0.3, 0.4) is 0 Å². The monoisotopic (exact) mass is 498 g/mol. The van der Waals surface area contributed by atoms with E-state index in [9.17, 15) is 23.1 Å². The van der Waals surface area contributed by atoms with Crippen LogP contribution < -0.4 is 10.1 Å². The molecule has 0 spiro atoms. The Labute approximate surface area is 200 Å². The molecule has 0 unspecified atom stereocenters. The number of esters is 1. The van der Waals surface area contributed by atoms with E-state index in [0.29, 0.717) is 17.4 Å². The molecule has 1 saturated carbocycles. The average molecular weight is 499 g/mol. The second-order valence-electron chi connectivity index (χ2n) is 9.64. The molecule has 2 atom stereocenters. The smallest absolute Gasteiger partial charge is 0.405 e. The third-order valence-corrected chi connectivity index (χ3v) is 8.05. The number of carbonyl (C=O) groups excluding carboxylic acids is 1. The first-order valence-corrected chi connectivity index (χ1v) is 13.4. The van der Waals surface area contributed by atoms with Gasteiger partial charge in [-0.05, 0) is 37.7 Å². The Morgan fingerprint density at radius 3 is 2.56 bits per heavy atom. The van der Waals surface area contributed by atoms with Gasteiger partial charge in [0, 0.05) is 44.0 Å². The third-order valence-electron chi connectivity index (χ3n) is 6.33. The van der Waals surface area contributed by atoms with Crippen molar-refractivity contribution in [3.63, 3.8) is 0 Å². The minimum absolute atomic E-state index is 0.0863. The highest BCUT2D eigenvalue weighted by molar-refractivity contribution is 7.91. The summed E-state index contributed by atoms with van der Waals surface area (Å²) in [6, 6.07) is 1.99. The quantitative estimate of drug-likeness (QED) is 0.492. The maximum absolute atomic E-state index is 13.1. The first kappa shape index (κ1) is 26.2. The Kier molecular flexibility index (Phi) is 7.76. The van der Waals surface area contributed by atoms with Gasteiger partial charge in [0.2, 0.25) is 5.79 Å². The Morgan fingerprint density at radius 1 is 1.32 bits per heavy atom. The number of ether oxygens (including phenoxy) is 3. The average Bonchev–Trinajstić information content (AvgIpc) is 2.97. The van der Waals surface area contributed by atoms with Crippen molar-refractivity contribution in [2.24, 2.45) is 5.92 Å². The van der Waals surface area contributed by atoms with Gasteiger partial charge in [-0.3, -0.25) is 4.98 Å². The Bertz CT molecular complexity index is 1000. The number of rotatable bonds is 9. The van der Waals surface area contributed by atoms with Crippen LogP contribution in [0.25, 0.3) is 0 Å². The molecule has 34 heavy (non-hydrogen) atoms. The standard InChI is InChI=1S/C23H34N2O8S/c1-5-34(29,30)14-19(25-21(27)28)23(20(26)32-22(3,4)33-23)13-16-12-18(10-11-24-16)31-17-8-6-15(2)7-9-17/h10-12,15,17,19,25H,5-9,13-14H2,1-4H3,(H,27,28)/t15?,17?,19-,23+/m0/s1. The summed E-state index contributed by atoms with van der Waals surface area (Å²) < 4.78 is 42.3. The van der Waals surface area contributed by atoms with Crippen LogP contribution in [0, 0.1) is 5.92 Å². The second kappa shape index (κ2) is 10.1. The van der Waals surface area contributed by atoms with Crippen molar-refractivity contribution in [2.75, 3.05) is 11.5 Å². The molecule has 0 bridgehead atoms. The van der Waals surface area contributed by atoms with E-state index < -0.39 is 45.1 Å². The van der Waals surface area contributed by atoms with Gasteiger partial charge in [-0.1, -0.05) is 13.8 Å². The highest BCUT2D eigenvalue weighted by Crippen LogP contribution is 2.38. The normalized spacial score (nSPS) is 27.6. The van der Waals surface area contributed by atoms with Gasteiger partial charge in [-0.2, -0.15) is 0 Å². The zero-order valence-electron chi connectivity index (χ0n) is 20.1. The fraction of sp³-hybridized carbons (Fsp3) is 0.696. The molecule has 3 rings (SSSR count). The molecule has 1 amide bonds. The van der Waals surface area contributed by atoms with Gasteiger partial charge in [-0.25, -0.2) is 18.0 Å². The SMILES string of the molecule is CCS(=O)(=O)C[C@H](NC(=O)O)[C@@]1(Cc2cc(OC3CCC(C)CC3)ccn2)OC(C)(C)OC1=O. The van der Waals surface area contributed by atoms with Crippen molar-refractivity contribution < 1.29 is 37.3 Å². The molecule has 2 heterocycles. The molecule has 190 valence electrons. The van der Waals surface area contributed by atoms with Crippen molar-refractivity contribution in [1.82, 2.24) is 10.3 Å². The molecule has 1 aliphatic heterocycles. The van der Waals surface area contributed by atoms with Gasteiger partial charge in [0.25, 0.3) is 0 Å². The summed E-state index contributed by atoms with van der Waals surface area (Å²) in [7, 11) is -3.68. The number of aromatic nitrogens is 1. The topological polar surface area (TPSA) is 141 Å². The predicted octanol–water partition coefficient (Wildman–Crippen LogP) is 2.70. The number of amides is 1. The molecule has 2 fully saturated rings. The van der Waals surface area contributed by atoms with Crippen molar-refractivity contribution in [1.29, 1.82) is 0 Å². The fourth-order valence-electron chi connectivity index (χ4n) is 4.50. The molecule has 1 aromatic rings. The van der Waals surface area contributed by atoms with E-state index in [1.165, 1.54) is 27.0 Å². The van der Waals surface area contributed by atoms with Crippen LogP contribution in [0.1, 0.15) is 59.1 Å². The summed E-state index contributed by atoms with van der Waals surface area (Å²) in [5.74, 6) is -1.82. The molecule has 1 aliphatic carbocycles. The molecular formula is C23H34N2O8S. The van der Waals surface area contributed by atoms with Gasteiger partial charge in [-0.15, -0.1) is 0 Å². The Balaban J connectivity index is 1.92. The predicted molar refractivity (Wildman–Crippen MR) is 123 cm³/mol. The number of cyclic esters (lactones) is 1. The highest BCUT2D eigenvalue weighted by atomic mass is 32.2. The second-order valence-corrected chi connectivity index (χ2v) is 12.0. The van der Waals surface area contributed by atoms with Crippen molar-refractivity contribution in [2.45, 2.75) is 83.3 Å². The minimum atomic E-state index is -3.68. The number of pyridine rings is 1. The fourth-order valence-corrected chi connectivity index (χ4v) is 5.60. The summed E-state index contributed by atoms with van der Waals surface area (Å²) in [6.45, 7) is 6.69. The van der Waals surface area contributed by atoms with Gasteiger partial charge in [0.15, 0.2) is 15.4 Å². The number of hydrogen-bond donors (Lipinski definition) is 2. The van der Waals surface area contributed by atoms with Gasteiger partial charge in [0.1, 0.15) is 5.75 Å². The molecule has 1 aromatic heterocycles. The number of hydrogen-bond acceptors (Lipinski definition) is 8. The van der Waals surface area contributed by atoms with Gasteiger partial charge in [0.05, 0.1) is 17.9 Å². The Hall–Kier alpha value is -2.40. The largest absolute Gasteiger partial charge is 0.490 e. The third kappa shape index (κ3) is 6.38. The van der Waals surface area contributed by atoms with Gasteiger partial charge >= 0.3 is 12.1 Å². The molecule has 2 aliphatic rings. The lowest BCUT2D eigenvalue weighted by atomic mass is 9.88. The summed E-state index contributed by atoms with van der Waals surface area (Å²) in [5.41, 5.74) is -1.53. The lowest BCUT2D eigenvalue weighted by molar-refractivity contribution is -0.169. The van der Waals surface area contributed by atoms with Crippen molar-refractivity contribution in [3.05, 3.63) is 24.0 Å². The minimum Gasteiger partial charge on any atom is -0.490 e. The van der Waals surface area contributed by atoms with E-state index in [4.69, 9.17) is 14.2 Å². The molecule has 10 nitrogen and oxygen atoms in total. The molecule has 0 radical (unpaired) electrons. The first-order valence-electron chi connectivity index (χ1n) is 11.6. The first-order chi connectivity index (χ1) is 15.8. The summed E-state index contributed by atoms with van der Waals surface area (Å²) in [6.07, 6.45) is 4.04. The van der Waals surface area contributed by atoms with Crippen molar-refractivity contribution >= 4 is 21.9 Å². The van der Waals surface area contributed by atoms with Gasteiger partial charge < -0.3 is 24.6 Å². The highest BCUT2D eigenvalue weighted by Gasteiger charge is 2.60. The molecule has 2 N–H and O–H groups in total. The van der Waals surface area contributed by atoms with E-state index in [-0.39, 0.29) is 18.3 Å². The summed E-state index contributed by atoms with van der Waals surface area (Å²) >= 11 is 0. The molecule has 11 heteroatoms. The molecular weight excluding hydrogens is 464 g/mol.